The number of methoxy groups -OCH3 is 1. The number of nitriles is 1. The Kier molecular flexibility index (Phi) is 7.29. The van der Waals surface area contributed by atoms with Gasteiger partial charge in [-0.05, 0) is 24.6 Å². The zero-order valence-corrected chi connectivity index (χ0v) is 14.9. The van der Waals surface area contributed by atoms with Crippen LogP contribution >= 0.6 is 12.4 Å². The van der Waals surface area contributed by atoms with Crippen LogP contribution < -0.4 is 10.1 Å². The Hall–Kier alpha value is -1.33. The van der Waals surface area contributed by atoms with E-state index >= 15 is 0 Å². The van der Waals surface area contributed by atoms with Crippen molar-refractivity contribution >= 4 is 22.4 Å². The smallest absolute Gasteiger partial charge is 0.247 e. The Labute approximate surface area is 143 Å². The normalized spacial score (nSPS) is 18.7. The van der Waals surface area contributed by atoms with Crippen molar-refractivity contribution in [1.29, 1.82) is 5.26 Å². The molecule has 0 aromatic heterocycles. The molecule has 1 aliphatic rings. The predicted octanol–water partition coefficient (Wildman–Crippen LogP) is 1.75. The van der Waals surface area contributed by atoms with Crippen LogP contribution in [0.15, 0.2) is 23.1 Å². The summed E-state index contributed by atoms with van der Waals surface area (Å²) in [5, 5.41) is 12.2. The summed E-state index contributed by atoms with van der Waals surface area (Å²) in [6.45, 7) is 3.78. The zero-order valence-electron chi connectivity index (χ0n) is 13.3. The summed E-state index contributed by atoms with van der Waals surface area (Å²) in [5.74, 6) is 0.216. The second-order valence-electron chi connectivity index (χ2n) is 5.24. The van der Waals surface area contributed by atoms with E-state index in [-0.39, 0.29) is 29.1 Å². The first-order valence-electron chi connectivity index (χ1n) is 7.35. The molecule has 0 saturated carbocycles. The molecule has 1 atom stereocenters. The molecule has 1 unspecified atom stereocenters. The third kappa shape index (κ3) is 4.15. The fraction of sp³-hybridized carbons (Fsp3) is 0.533. The van der Waals surface area contributed by atoms with Gasteiger partial charge in [-0.1, -0.05) is 13.3 Å². The first kappa shape index (κ1) is 19.7. The molecule has 23 heavy (non-hydrogen) atoms. The fourth-order valence-corrected chi connectivity index (χ4v) is 4.51. The highest BCUT2D eigenvalue weighted by molar-refractivity contribution is 7.89. The number of halogens is 1. The minimum absolute atomic E-state index is 0. The number of nitrogens with one attached hydrogen (secondary N) is 1. The van der Waals surface area contributed by atoms with Gasteiger partial charge in [0.1, 0.15) is 10.6 Å². The molecule has 0 spiro atoms. The van der Waals surface area contributed by atoms with Gasteiger partial charge in [-0.2, -0.15) is 9.57 Å². The predicted molar refractivity (Wildman–Crippen MR) is 90.4 cm³/mol. The molecule has 1 heterocycles. The zero-order chi connectivity index (χ0) is 16.2. The van der Waals surface area contributed by atoms with Crippen molar-refractivity contribution in [3.05, 3.63) is 23.8 Å². The summed E-state index contributed by atoms with van der Waals surface area (Å²) < 4.78 is 32.7. The van der Waals surface area contributed by atoms with Crippen LogP contribution in [0.3, 0.4) is 0 Å². The minimum atomic E-state index is -3.64. The van der Waals surface area contributed by atoms with Crippen LogP contribution in [0.1, 0.15) is 25.3 Å². The van der Waals surface area contributed by atoms with E-state index in [1.807, 2.05) is 13.0 Å². The van der Waals surface area contributed by atoms with Crippen molar-refractivity contribution in [1.82, 2.24) is 9.62 Å². The second kappa shape index (κ2) is 8.50. The molecule has 0 radical (unpaired) electrons. The van der Waals surface area contributed by atoms with E-state index < -0.39 is 10.0 Å². The highest BCUT2D eigenvalue weighted by atomic mass is 35.5. The standard InChI is InChI=1S/C15H21N3O3S.ClH/c1-3-4-13-11-17-7-8-18(13)22(19,20)15-6-5-12(10-16)9-14(15)21-2;/h5-6,9,13,17H,3-4,7-8,11H2,1-2H3;1H. The Morgan fingerprint density at radius 2 is 2.22 bits per heavy atom. The molecule has 0 bridgehead atoms. The quantitative estimate of drug-likeness (QED) is 0.866. The molecular weight excluding hydrogens is 338 g/mol. The van der Waals surface area contributed by atoms with Gasteiger partial charge in [0.2, 0.25) is 10.0 Å². The molecule has 1 saturated heterocycles. The maximum absolute atomic E-state index is 13.0. The van der Waals surface area contributed by atoms with Crippen LogP contribution in [0, 0.1) is 11.3 Å². The Balaban J connectivity index is 0.00000264. The molecule has 1 aliphatic heterocycles. The van der Waals surface area contributed by atoms with Gasteiger partial charge >= 0.3 is 0 Å². The largest absolute Gasteiger partial charge is 0.495 e. The highest BCUT2D eigenvalue weighted by Gasteiger charge is 2.34. The lowest BCUT2D eigenvalue weighted by Crippen LogP contribution is -2.53. The molecule has 0 amide bonds. The Morgan fingerprint density at radius 3 is 2.83 bits per heavy atom. The Bertz CT molecular complexity index is 671. The first-order chi connectivity index (χ1) is 10.5. The molecule has 1 fully saturated rings. The monoisotopic (exact) mass is 359 g/mol. The first-order valence-corrected chi connectivity index (χ1v) is 8.79. The lowest BCUT2D eigenvalue weighted by molar-refractivity contribution is 0.253. The van der Waals surface area contributed by atoms with Gasteiger partial charge in [-0.25, -0.2) is 8.42 Å². The summed E-state index contributed by atoms with van der Waals surface area (Å²) in [5.41, 5.74) is 0.376. The number of hydrogen-bond acceptors (Lipinski definition) is 5. The molecule has 128 valence electrons. The maximum atomic E-state index is 13.0. The van der Waals surface area contributed by atoms with E-state index in [2.05, 4.69) is 5.32 Å². The van der Waals surface area contributed by atoms with Gasteiger partial charge in [0.15, 0.2) is 0 Å². The summed E-state index contributed by atoms with van der Waals surface area (Å²) in [4.78, 5) is 0.122. The summed E-state index contributed by atoms with van der Waals surface area (Å²) in [7, 11) is -2.23. The van der Waals surface area contributed by atoms with Crippen LogP contribution in [-0.4, -0.2) is 45.5 Å². The molecule has 0 aliphatic carbocycles. The van der Waals surface area contributed by atoms with E-state index in [4.69, 9.17) is 10.00 Å². The van der Waals surface area contributed by atoms with Crippen LogP contribution in [-0.2, 0) is 10.0 Å². The number of rotatable bonds is 5. The lowest BCUT2D eigenvalue weighted by Gasteiger charge is -2.35. The highest BCUT2D eigenvalue weighted by Crippen LogP contribution is 2.30. The number of sulfonamides is 1. The molecule has 6 nitrogen and oxygen atoms in total. The van der Waals surface area contributed by atoms with Crippen LogP contribution in [0.2, 0.25) is 0 Å². The topological polar surface area (TPSA) is 82.4 Å². The fourth-order valence-electron chi connectivity index (χ4n) is 2.71. The van der Waals surface area contributed by atoms with Crippen LogP contribution in [0.5, 0.6) is 5.75 Å². The SMILES string of the molecule is CCCC1CNCCN1S(=O)(=O)c1ccc(C#N)cc1OC.Cl. The van der Waals surface area contributed by atoms with Gasteiger partial charge in [-0.15, -0.1) is 12.4 Å². The number of hydrogen-bond donors (Lipinski definition) is 1. The van der Waals surface area contributed by atoms with E-state index in [9.17, 15) is 8.42 Å². The van der Waals surface area contributed by atoms with Gasteiger partial charge in [-0.3, -0.25) is 0 Å². The van der Waals surface area contributed by atoms with E-state index in [0.29, 0.717) is 25.2 Å². The van der Waals surface area contributed by atoms with E-state index in [1.54, 1.807) is 4.31 Å². The van der Waals surface area contributed by atoms with Crippen molar-refractivity contribution in [3.8, 4) is 11.8 Å². The third-order valence-corrected chi connectivity index (χ3v) is 5.79. The van der Waals surface area contributed by atoms with Gasteiger partial charge in [0.05, 0.1) is 18.7 Å². The van der Waals surface area contributed by atoms with Crippen LogP contribution in [0.4, 0.5) is 0 Å². The summed E-state index contributed by atoms with van der Waals surface area (Å²) in [6.07, 6.45) is 1.73. The van der Waals surface area contributed by atoms with Crippen molar-refractivity contribution in [2.75, 3.05) is 26.7 Å². The lowest BCUT2D eigenvalue weighted by atomic mass is 10.1. The number of benzene rings is 1. The van der Waals surface area contributed by atoms with E-state index in [1.165, 1.54) is 25.3 Å². The Morgan fingerprint density at radius 1 is 1.48 bits per heavy atom. The van der Waals surface area contributed by atoms with E-state index in [0.717, 1.165) is 12.8 Å². The third-order valence-electron chi connectivity index (χ3n) is 3.80. The van der Waals surface area contributed by atoms with Crippen molar-refractivity contribution in [3.63, 3.8) is 0 Å². The van der Waals surface area contributed by atoms with Crippen molar-refractivity contribution < 1.29 is 13.2 Å². The summed E-state index contributed by atoms with van der Waals surface area (Å²) >= 11 is 0. The van der Waals surface area contributed by atoms with Gasteiger partial charge < -0.3 is 10.1 Å². The second-order valence-corrected chi connectivity index (χ2v) is 7.10. The van der Waals surface area contributed by atoms with Crippen LogP contribution in [0.25, 0.3) is 0 Å². The summed E-state index contributed by atoms with van der Waals surface area (Å²) in [6, 6.07) is 6.36. The number of nitrogens with zero attached hydrogens (tertiary/aromatic N) is 2. The average Bonchev–Trinajstić information content (AvgIpc) is 2.54. The van der Waals surface area contributed by atoms with Crippen molar-refractivity contribution in [2.24, 2.45) is 0 Å². The average molecular weight is 360 g/mol. The number of ether oxygens (including phenoxy) is 1. The van der Waals surface area contributed by atoms with Gasteiger partial charge in [0, 0.05) is 25.7 Å². The molecule has 1 N–H and O–H groups in total. The molecule has 1 aromatic carbocycles. The maximum Gasteiger partial charge on any atom is 0.247 e. The molecule has 8 heteroatoms. The molecule has 2 rings (SSSR count). The minimum Gasteiger partial charge on any atom is -0.495 e. The molecule has 1 aromatic rings. The number of piperazine rings is 1. The van der Waals surface area contributed by atoms with Gasteiger partial charge in [0.25, 0.3) is 0 Å². The molecular formula is C15H22ClN3O3S. The van der Waals surface area contributed by atoms with Crippen molar-refractivity contribution in [2.45, 2.75) is 30.7 Å².